The number of benzene rings is 1. The third-order valence-electron chi connectivity index (χ3n) is 3.25. The van der Waals surface area contributed by atoms with Gasteiger partial charge in [-0.05, 0) is 24.9 Å². The molecule has 2 rings (SSSR count). The van der Waals surface area contributed by atoms with Gasteiger partial charge in [-0.25, -0.2) is 0 Å². The zero-order valence-electron chi connectivity index (χ0n) is 10.2. The molecular weight excluding hydrogens is 208 g/mol. The molecule has 1 aliphatic heterocycles. The van der Waals surface area contributed by atoms with Crippen molar-refractivity contribution in [2.75, 3.05) is 19.6 Å². The summed E-state index contributed by atoms with van der Waals surface area (Å²) < 4.78 is 0. The van der Waals surface area contributed by atoms with Crippen LogP contribution in [0.25, 0.3) is 0 Å². The maximum atomic E-state index is 5.28. The van der Waals surface area contributed by atoms with Gasteiger partial charge in [0.15, 0.2) is 0 Å². The monoisotopic (exact) mass is 228 g/mol. The van der Waals surface area contributed by atoms with Gasteiger partial charge in [0.05, 0.1) is 6.54 Å². The number of hydrogen-bond donors (Lipinski definition) is 1. The third kappa shape index (κ3) is 3.89. The topological polar surface area (TPSA) is 15.3 Å². The number of terminal acetylenes is 1. The van der Waals surface area contributed by atoms with Crippen molar-refractivity contribution in [1.82, 2.24) is 10.2 Å². The van der Waals surface area contributed by atoms with Crippen LogP contribution < -0.4 is 5.32 Å². The van der Waals surface area contributed by atoms with E-state index >= 15 is 0 Å². The molecule has 1 fully saturated rings. The lowest BCUT2D eigenvalue weighted by atomic mass is 10.0. The first-order valence-electron chi connectivity index (χ1n) is 6.31. The van der Waals surface area contributed by atoms with Crippen molar-refractivity contribution in [3.8, 4) is 12.3 Å². The van der Waals surface area contributed by atoms with Gasteiger partial charge in [0, 0.05) is 19.1 Å². The van der Waals surface area contributed by atoms with Gasteiger partial charge >= 0.3 is 0 Å². The van der Waals surface area contributed by atoms with E-state index in [0.29, 0.717) is 12.6 Å². The summed E-state index contributed by atoms with van der Waals surface area (Å²) in [6, 6.07) is 11.2. The van der Waals surface area contributed by atoms with Gasteiger partial charge in [0.25, 0.3) is 0 Å². The fourth-order valence-corrected chi connectivity index (χ4v) is 2.41. The van der Waals surface area contributed by atoms with Crippen LogP contribution in [0.2, 0.25) is 0 Å². The van der Waals surface area contributed by atoms with Crippen LogP contribution in [0.4, 0.5) is 0 Å². The molecule has 1 aromatic rings. The predicted octanol–water partition coefficient (Wildman–Crippen LogP) is 1.87. The van der Waals surface area contributed by atoms with Crippen molar-refractivity contribution in [2.45, 2.75) is 25.4 Å². The van der Waals surface area contributed by atoms with E-state index in [1.165, 1.54) is 24.9 Å². The molecular formula is C15H20N2. The van der Waals surface area contributed by atoms with Gasteiger partial charge in [-0.1, -0.05) is 36.3 Å². The van der Waals surface area contributed by atoms with E-state index in [1.54, 1.807) is 0 Å². The van der Waals surface area contributed by atoms with Crippen molar-refractivity contribution in [3.63, 3.8) is 0 Å². The SMILES string of the molecule is C#CCNC1CCCN(Cc2ccccc2)C1. The Morgan fingerprint density at radius 2 is 2.18 bits per heavy atom. The summed E-state index contributed by atoms with van der Waals surface area (Å²) in [7, 11) is 0. The average Bonchev–Trinajstić information content (AvgIpc) is 2.38. The Kier molecular flexibility index (Phi) is 4.61. The van der Waals surface area contributed by atoms with Crippen molar-refractivity contribution in [1.29, 1.82) is 0 Å². The van der Waals surface area contributed by atoms with Crippen LogP contribution in [0.15, 0.2) is 30.3 Å². The van der Waals surface area contributed by atoms with Crippen LogP contribution in [-0.4, -0.2) is 30.6 Å². The Morgan fingerprint density at radius 3 is 2.94 bits per heavy atom. The summed E-state index contributed by atoms with van der Waals surface area (Å²) in [6.45, 7) is 4.04. The van der Waals surface area contributed by atoms with Crippen LogP contribution >= 0.6 is 0 Å². The zero-order valence-corrected chi connectivity index (χ0v) is 10.2. The molecule has 0 saturated carbocycles. The van der Waals surface area contributed by atoms with E-state index < -0.39 is 0 Å². The minimum atomic E-state index is 0.559. The summed E-state index contributed by atoms with van der Waals surface area (Å²) in [5, 5.41) is 3.41. The number of rotatable bonds is 4. The van der Waals surface area contributed by atoms with Gasteiger partial charge in [-0.3, -0.25) is 4.90 Å². The molecule has 1 aromatic carbocycles. The van der Waals surface area contributed by atoms with E-state index in [1.807, 2.05) is 0 Å². The maximum Gasteiger partial charge on any atom is 0.0576 e. The molecule has 90 valence electrons. The molecule has 0 bridgehead atoms. The smallest absolute Gasteiger partial charge is 0.0576 e. The van der Waals surface area contributed by atoms with Crippen molar-refractivity contribution >= 4 is 0 Å². The predicted molar refractivity (Wildman–Crippen MR) is 71.6 cm³/mol. The van der Waals surface area contributed by atoms with Gasteiger partial charge in [0.2, 0.25) is 0 Å². The first-order chi connectivity index (χ1) is 8.38. The zero-order chi connectivity index (χ0) is 11.9. The fraction of sp³-hybridized carbons (Fsp3) is 0.467. The molecule has 1 saturated heterocycles. The number of nitrogens with one attached hydrogen (secondary N) is 1. The van der Waals surface area contributed by atoms with Gasteiger partial charge in [0.1, 0.15) is 0 Å². The van der Waals surface area contributed by atoms with Crippen molar-refractivity contribution < 1.29 is 0 Å². The van der Waals surface area contributed by atoms with Crippen molar-refractivity contribution in [2.24, 2.45) is 0 Å². The Morgan fingerprint density at radius 1 is 1.35 bits per heavy atom. The van der Waals surface area contributed by atoms with Crippen LogP contribution in [0.1, 0.15) is 18.4 Å². The second kappa shape index (κ2) is 6.44. The highest BCUT2D eigenvalue weighted by atomic mass is 15.2. The number of hydrogen-bond acceptors (Lipinski definition) is 2. The highest BCUT2D eigenvalue weighted by Crippen LogP contribution is 2.13. The number of likely N-dealkylation sites (tertiary alicyclic amines) is 1. The molecule has 1 N–H and O–H groups in total. The number of nitrogens with zero attached hydrogens (tertiary/aromatic N) is 1. The summed E-state index contributed by atoms with van der Waals surface area (Å²) in [5.41, 5.74) is 1.39. The summed E-state index contributed by atoms with van der Waals surface area (Å²) in [6.07, 6.45) is 7.78. The van der Waals surface area contributed by atoms with Crippen molar-refractivity contribution in [3.05, 3.63) is 35.9 Å². The normalized spacial score (nSPS) is 21.0. The second-order valence-electron chi connectivity index (χ2n) is 4.64. The lowest BCUT2D eigenvalue weighted by molar-refractivity contribution is 0.186. The Balaban J connectivity index is 1.83. The minimum absolute atomic E-state index is 0.559. The van der Waals surface area contributed by atoms with Crippen LogP contribution in [-0.2, 0) is 6.54 Å². The molecule has 0 aromatic heterocycles. The first-order valence-corrected chi connectivity index (χ1v) is 6.31. The van der Waals surface area contributed by atoms with Crippen LogP contribution in [0.5, 0.6) is 0 Å². The highest BCUT2D eigenvalue weighted by Gasteiger charge is 2.18. The highest BCUT2D eigenvalue weighted by molar-refractivity contribution is 5.14. The van der Waals surface area contributed by atoms with Crippen LogP contribution in [0.3, 0.4) is 0 Å². The van der Waals surface area contributed by atoms with Crippen LogP contribution in [0, 0.1) is 12.3 Å². The molecule has 2 nitrogen and oxygen atoms in total. The minimum Gasteiger partial charge on any atom is -0.302 e. The quantitative estimate of drug-likeness (QED) is 0.792. The van der Waals surface area contributed by atoms with E-state index in [4.69, 9.17) is 6.42 Å². The molecule has 0 spiro atoms. The lowest BCUT2D eigenvalue weighted by Crippen LogP contribution is -2.45. The molecule has 1 aliphatic rings. The maximum absolute atomic E-state index is 5.28. The lowest BCUT2D eigenvalue weighted by Gasteiger charge is -2.33. The molecule has 1 heterocycles. The third-order valence-corrected chi connectivity index (χ3v) is 3.25. The van der Waals surface area contributed by atoms with E-state index in [9.17, 15) is 0 Å². The van der Waals surface area contributed by atoms with Gasteiger partial charge < -0.3 is 5.32 Å². The standard InChI is InChI=1S/C15H20N2/c1-2-10-16-15-9-6-11-17(13-15)12-14-7-4-3-5-8-14/h1,3-5,7-8,15-16H,6,9-13H2. The Labute approximate surface area is 104 Å². The van der Waals surface area contributed by atoms with E-state index in [0.717, 1.165) is 13.1 Å². The number of piperidine rings is 1. The molecule has 2 heteroatoms. The summed E-state index contributed by atoms with van der Waals surface area (Å²) in [4.78, 5) is 2.51. The molecule has 0 radical (unpaired) electrons. The Bertz CT molecular complexity index is 366. The summed E-state index contributed by atoms with van der Waals surface area (Å²) >= 11 is 0. The van der Waals surface area contributed by atoms with Gasteiger partial charge in [-0.2, -0.15) is 0 Å². The largest absolute Gasteiger partial charge is 0.302 e. The Hall–Kier alpha value is -1.30. The molecule has 0 aliphatic carbocycles. The molecule has 1 unspecified atom stereocenters. The summed E-state index contributed by atoms with van der Waals surface area (Å²) in [5.74, 6) is 2.65. The van der Waals surface area contributed by atoms with E-state index in [2.05, 4.69) is 46.5 Å². The first kappa shape index (κ1) is 12.2. The van der Waals surface area contributed by atoms with Gasteiger partial charge in [-0.15, -0.1) is 6.42 Å². The molecule has 0 amide bonds. The van der Waals surface area contributed by atoms with E-state index in [-0.39, 0.29) is 0 Å². The molecule has 17 heavy (non-hydrogen) atoms. The molecule has 1 atom stereocenters. The average molecular weight is 228 g/mol. The second-order valence-corrected chi connectivity index (χ2v) is 4.64. The fourth-order valence-electron chi connectivity index (χ4n) is 2.41.